The van der Waals surface area contributed by atoms with Crippen LogP contribution in [0, 0.1) is 5.92 Å². The van der Waals surface area contributed by atoms with Crippen LogP contribution in [0.1, 0.15) is 80.1 Å². The van der Waals surface area contributed by atoms with Crippen molar-refractivity contribution in [2.75, 3.05) is 25.6 Å². The van der Waals surface area contributed by atoms with Gasteiger partial charge in [0.25, 0.3) is 5.56 Å². The maximum Gasteiger partial charge on any atom is 0.297 e. The summed E-state index contributed by atoms with van der Waals surface area (Å²) >= 11 is 0. The molecule has 5 nitrogen and oxygen atoms in total. The summed E-state index contributed by atoms with van der Waals surface area (Å²) in [5, 5.41) is 4.40. The van der Waals surface area contributed by atoms with Crippen LogP contribution in [0.25, 0.3) is 10.9 Å². The molecule has 0 amide bonds. The van der Waals surface area contributed by atoms with E-state index >= 15 is 0 Å². The van der Waals surface area contributed by atoms with E-state index in [0.717, 1.165) is 61.7 Å². The second kappa shape index (κ2) is 14.7. The first-order chi connectivity index (χ1) is 16.8. The summed E-state index contributed by atoms with van der Waals surface area (Å²) in [7, 11) is 1.61. The van der Waals surface area contributed by atoms with Crippen molar-refractivity contribution in [1.29, 1.82) is 0 Å². The lowest BCUT2D eigenvalue weighted by molar-refractivity contribution is 0.236. The van der Waals surface area contributed by atoms with Gasteiger partial charge in [-0.2, -0.15) is 0 Å². The fourth-order valence-corrected chi connectivity index (χ4v) is 4.21. The third kappa shape index (κ3) is 8.48. The minimum atomic E-state index is -0.112. The quantitative estimate of drug-likeness (QED) is 0.264. The van der Waals surface area contributed by atoms with E-state index in [1.807, 2.05) is 10.6 Å². The van der Waals surface area contributed by atoms with Crippen molar-refractivity contribution in [1.82, 2.24) is 4.57 Å². The molecule has 0 saturated heterocycles. The van der Waals surface area contributed by atoms with E-state index < -0.39 is 0 Å². The summed E-state index contributed by atoms with van der Waals surface area (Å²) in [5.74, 6) is 1.24. The smallest absolute Gasteiger partial charge is 0.297 e. The molecule has 1 atom stereocenters. The van der Waals surface area contributed by atoms with Crippen LogP contribution in [-0.2, 0) is 6.54 Å². The number of benzene rings is 1. The number of rotatable bonds is 15. The Bertz CT molecular complexity index is 1060. The van der Waals surface area contributed by atoms with E-state index in [9.17, 15) is 4.79 Å². The molecule has 0 radical (unpaired) electrons. The molecule has 0 aliphatic rings. The van der Waals surface area contributed by atoms with Crippen LogP contribution in [0.2, 0.25) is 0 Å². The first-order valence-corrected chi connectivity index (χ1v) is 13.2. The number of nitrogens with zero attached hydrogens (tertiary/aromatic N) is 1. The molecule has 1 aromatic heterocycles. The average molecular weight is 483 g/mol. The van der Waals surface area contributed by atoms with Crippen molar-refractivity contribution >= 4 is 16.6 Å². The van der Waals surface area contributed by atoms with Gasteiger partial charge in [0.15, 0.2) is 5.75 Å². The number of hydrogen-bond donors (Lipinski definition) is 1. The molecule has 5 heteroatoms. The topological polar surface area (TPSA) is 52.5 Å². The molecular weight excluding hydrogens is 436 g/mol. The number of allylic oxidation sites excluding steroid dienone is 3. The minimum absolute atomic E-state index is 0.112. The van der Waals surface area contributed by atoms with E-state index in [1.54, 1.807) is 7.11 Å². The predicted molar refractivity (Wildman–Crippen MR) is 150 cm³/mol. The molecule has 0 saturated carbocycles. The number of fused-ring (bicyclic) bond motifs is 1. The summed E-state index contributed by atoms with van der Waals surface area (Å²) < 4.78 is 13.7. The Balaban J connectivity index is 2.35. The highest BCUT2D eigenvalue weighted by Crippen LogP contribution is 2.34. The Morgan fingerprint density at radius 1 is 1.11 bits per heavy atom. The van der Waals surface area contributed by atoms with Crippen LogP contribution in [0.5, 0.6) is 11.5 Å². The molecule has 1 N–H and O–H groups in total. The molecule has 0 aliphatic carbocycles. The van der Waals surface area contributed by atoms with Crippen LogP contribution in [0.3, 0.4) is 0 Å². The first kappa shape index (κ1) is 28.5. The lowest BCUT2D eigenvalue weighted by Gasteiger charge is -2.19. The number of anilines is 1. The van der Waals surface area contributed by atoms with Gasteiger partial charge in [-0.15, -0.1) is 0 Å². The van der Waals surface area contributed by atoms with Gasteiger partial charge in [0.2, 0.25) is 5.75 Å². The third-order valence-corrected chi connectivity index (χ3v) is 6.26. The van der Waals surface area contributed by atoms with Crippen LogP contribution < -0.4 is 20.3 Å². The van der Waals surface area contributed by atoms with Gasteiger partial charge in [-0.3, -0.25) is 4.79 Å². The fraction of sp³-hybridized carbons (Fsp3) is 0.567. The van der Waals surface area contributed by atoms with Gasteiger partial charge in [0.05, 0.1) is 19.2 Å². The zero-order chi connectivity index (χ0) is 25.8. The number of pyridine rings is 1. The Labute approximate surface area is 212 Å². The van der Waals surface area contributed by atoms with Crippen molar-refractivity contribution in [3.8, 4) is 11.5 Å². The van der Waals surface area contributed by atoms with Crippen LogP contribution in [0.4, 0.5) is 5.69 Å². The number of aromatic nitrogens is 1. The van der Waals surface area contributed by atoms with E-state index in [-0.39, 0.29) is 5.56 Å². The van der Waals surface area contributed by atoms with E-state index in [0.29, 0.717) is 30.6 Å². The van der Waals surface area contributed by atoms with Gasteiger partial charge in [-0.1, -0.05) is 56.9 Å². The summed E-state index contributed by atoms with van der Waals surface area (Å²) in [6.45, 7) is 14.8. The number of methoxy groups -OCH3 is 1. The Hall–Kier alpha value is -2.69. The van der Waals surface area contributed by atoms with E-state index in [2.05, 4.69) is 71.1 Å². The zero-order valence-electron chi connectivity index (χ0n) is 23.0. The summed E-state index contributed by atoms with van der Waals surface area (Å²) in [5.41, 5.74) is 4.49. The summed E-state index contributed by atoms with van der Waals surface area (Å²) in [4.78, 5) is 13.5. The standard InChI is InChI=1S/C30H46N2O3/c1-8-10-19-32-27-20-25(31-18-17-23(5)14-11-13-22(3)4)15-16-26(27)28(34-7)29(30(32)33)35-21-24(6)12-9-2/h13,15-17,20,24,31H,8-12,14,18-19,21H2,1-7H3/b23-17+. The second-order valence-electron chi connectivity index (χ2n) is 9.86. The molecule has 0 bridgehead atoms. The monoisotopic (exact) mass is 482 g/mol. The molecule has 35 heavy (non-hydrogen) atoms. The minimum Gasteiger partial charge on any atom is -0.492 e. The van der Waals surface area contributed by atoms with Gasteiger partial charge in [-0.25, -0.2) is 0 Å². The van der Waals surface area contributed by atoms with Gasteiger partial charge < -0.3 is 19.4 Å². The van der Waals surface area contributed by atoms with Crippen molar-refractivity contribution in [3.63, 3.8) is 0 Å². The third-order valence-electron chi connectivity index (χ3n) is 6.26. The second-order valence-corrected chi connectivity index (χ2v) is 9.86. The van der Waals surface area contributed by atoms with Crippen LogP contribution in [-0.4, -0.2) is 24.8 Å². The largest absolute Gasteiger partial charge is 0.492 e. The van der Waals surface area contributed by atoms with Crippen LogP contribution in [0.15, 0.2) is 46.3 Å². The number of aryl methyl sites for hydroxylation is 1. The maximum absolute atomic E-state index is 13.5. The zero-order valence-corrected chi connectivity index (χ0v) is 23.0. The fourth-order valence-electron chi connectivity index (χ4n) is 4.21. The SMILES string of the molecule is CCCCn1c(=O)c(OCC(C)CCC)c(OC)c2ccc(NC/C=C(\C)CCC=C(C)C)cc21. The average Bonchev–Trinajstić information content (AvgIpc) is 2.82. The van der Waals surface area contributed by atoms with Crippen molar-refractivity contribution in [2.45, 2.75) is 86.6 Å². The van der Waals surface area contributed by atoms with E-state index in [4.69, 9.17) is 9.47 Å². The van der Waals surface area contributed by atoms with E-state index in [1.165, 1.54) is 11.1 Å². The molecule has 0 aliphatic heterocycles. The Morgan fingerprint density at radius 2 is 1.89 bits per heavy atom. The van der Waals surface area contributed by atoms with Gasteiger partial charge in [-0.05, 0) is 70.6 Å². The number of nitrogens with one attached hydrogen (secondary N) is 1. The molecule has 1 aromatic carbocycles. The summed E-state index contributed by atoms with van der Waals surface area (Å²) in [6.07, 6.45) is 10.8. The number of unbranched alkanes of at least 4 members (excludes halogenated alkanes) is 1. The lowest BCUT2D eigenvalue weighted by atomic mass is 10.1. The normalized spacial score (nSPS) is 12.5. The highest BCUT2D eigenvalue weighted by Gasteiger charge is 2.20. The molecule has 1 unspecified atom stereocenters. The first-order valence-electron chi connectivity index (χ1n) is 13.2. The molecule has 2 aromatic rings. The van der Waals surface area contributed by atoms with Crippen molar-refractivity contribution in [3.05, 3.63) is 51.9 Å². The molecular formula is C30H46N2O3. The van der Waals surface area contributed by atoms with Crippen molar-refractivity contribution in [2.24, 2.45) is 5.92 Å². The Kier molecular flexibility index (Phi) is 11.9. The van der Waals surface area contributed by atoms with Crippen LogP contribution >= 0.6 is 0 Å². The lowest BCUT2D eigenvalue weighted by Crippen LogP contribution is -2.25. The summed E-state index contributed by atoms with van der Waals surface area (Å²) in [6, 6.07) is 6.15. The predicted octanol–water partition coefficient (Wildman–Crippen LogP) is 7.73. The molecule has 0 fully saturated rings. The Morgan fingerprint density at radius 3 is 2.54 bits per heavy atom. The molecule has 2 rings (SSSR count). The van der Waals surface area contributed by atoms with Gasteiger partial charge >= 0.3 is 0 Å². The molecule has 1 heterocycles. The molecule has 194 valence electrons. The molecule has 0 spiro atoms. The van der Waals surface area contributed by atoms with Gasteiger partial charge in [0.1, 0.15) is 0 Å². The highest BCUT2D eigenvalue weighted by atomic mass is 16.5. The maximum atomic E-state index is 13.5. The number of hydrogen-bond acceptors (Lipinski definition) is 4. The van der Waals surface area contributed by atoms with Gasteiger partial charge in [0, 0.05) is 24.2 Å². The van der Waals surface area contributed by atoms with Crippen molar-refractivity contribution < 1.29 is 9.47 Å². The number of ether oxygens (including phenoxy) is 2. The highest BCUT2D eigenvalue weighted by molar-refractivity contribution is 5.90.